The van der Waals surface area contributed by atoms with E-state index >= 15 is 0 Å². The number of methoxy groups -OCH3 is 1. The van der Waals surface area contributed by atoms with E-state index in [0.29, 0.717) is 5.56 Å². The number of carbonyl (C=O) groups excluding carboxylic acids is 1. The summed E-state index contributed by atoms with van der Waals surface area (Å²) in [4.78, 5) is 22.0. The topological polar surface area (TPSA) is 66.9 Å². The van der Waals surface area contributed by atoms with E-state index in [9.17, 15) is 4.79 Å². The van der Waals surface area contributed by atoms with Gasteiger partial charge in [0.2, 0.25) is 0 Å². The standard InChI is InChI=1S/C34H40N4O3/c1-26-21-34(40-3,22-27(2)41-26)15-14-28-8-12-32(13-9-28)36-33(39)31-10-6-29(7-11-31)24-37-17-19-38(20-18-37)25-30-5-4-16-35-23-30/h4-13,16,23,26-27H,17-22,24-25H2,1-3H3,(H,36,39). The van der Waals surface area contributed by atoms with Gasteiger partial charge in [0, 0.05) is 88.4 Å². The number of hydrogen-bond donors (Lipinski definition) is 1. The van der Waals surface area contributed by atoms with Crippen LogP contribution in [0.2, 0.25) is 0 Å². The monoisotopic (exact) mass is 552 g/mol. The van der Waals surface area contributed by atoms with Crippen LogP contribution in [0.25, 0.3) is 0 Å². The van der Waals surface area contributed by atoms with E-state index in [0.717, 1.165) is 63.4 Å². The van der Waals surface area contributed by atoms with Crippen molar-refractivity contribution < 1.29 is 14.3 Å². The fraction of sp³-hybridized carbons (Fsp3) is 0.412. The summed E-state index contributed by atoms with van der Waals surface area (Å²) in [7, 11) is 1.72. The van der Waals surface area contributed by atoms with Crippen LogP contribution < -0.4 is 5.32 Å². The molecule has 2 saturated heterocycles. The minimum Gasteiger partial charge on any atom is -0.375 e. The molecule has 0 saturated carbocycles. The zero-order valence-corrected chi connectivity index (χ0v) is 24.3. The van der Waals surface area contributed by atoms with Gasteiger partial charge in [-0.3, -0.25) is 19.6 Å². The van der Waals surface area contributed by atoms with Crippen LogP contribution in [0.15, 0.2) is 73.1 Å². The minimum absolute atomic E-state index is 0.110. The quantitative estimate of drug-likeness (QED) is 0.418. The maximum absolute atomic E-state index is 12.9. The van der Waals surface area contributed by atoms with Crippen LogP contribution in [0, 0.1) is 11.8 Å². The van der Waals surface area contributed by atoms with Gasteiger partial charge in [0.25, 0.3) is 5.91 Å². The Labute approximate surface area is 243 Å². The molecule has 2 aromatic carbocycles. The Morgan fingerprint density at radius 2 is 1.59 bits per heavy atom. The summed E-state index contributed by atoms with van der Waals surface area (Å²) >= 11 is 0. The highest BCUT2D eigenvalue weighted by Crippen LogP contribution is 2.31. The highest BCUT2D eigenvalue weighted by atomic mass is 16.5. The molecule has 2 fully saturated rings. The molecule has 1 aromatic heterocycles. The van der Waals surface area contributed by atoms with Crippen molar-refractivity contribution >= 4 is 11.6 Å². The molecule has 214 valence electrons. The lowest BCUT2D eigenvalue weighted by molar-refractivity contribution is -0.120. The summed E-state index contributed by atoms with van der Waals surface area (Å²) in [5.74, 6) is 6.48. The lowest BCUT2D eigenvalue weighted by atomic mass is 9.87. The van der Waals surface area contributed by atoms with E-state index in [4.69, 9.17) is 9.47 Å². The third kappa shape index (κ3) is 8.02. The molecule has 2 atom stereocenters. The third-order valence-corrected chi connectivity index (χ3v) is 7.88. The maximum Gasteiger partial charge on any atom is 0.255 e. The second kappa shape index (κ2) is 13.4. The van der Waals surface area contributed by atoms with Gasteiger partial charge in [-0.05, 0) is 67.4 Å². The van der Waals surface area contributed by atoms with Gasteiger partial charge in [0.05, 0.1) is 12.2 Å². The van der Waals surface area contributed by atoms with E-state index in [1.165, 1.54) is 11.1 Å². The van der Waals surface area contributed by atoms with Gasteiger partial charge in [0.1, 0.15) is 5.60 Å². The molecule has 5 rings (SSSR count). The van der Waals surface area contributed by atoms with Crippen LogP contribution in [-0.2, 0) is 22.6 Å². The number of rotatable bonds is 7. The van der Waals surface area contributed by atoms with Crippen molar-refractivity contribution in [1.29, 1.82) is 0 Å². The van der Waals surface area contributed by atoms with E-state index in [1.807, 2.05) is 54.9 Å². The number of amides is 1. The van der Waals surface area contributed by atoms with Crippen molar-refractivity contribution in [1.82, 2.24) is 14.8 Å². The number of anilines is 1. The molecule has 0 aliphatic carbocycles. The van der Waals surface area contributed by atoms with Crippen molar-refractivity contribution in [2.45, 2.75) is 57.6 Å². The van der Waals surface area contributed by atoms with Gasteiger partial charge in [-0.25, -0.2) is 0 Å². The molecule has 3 heterocycles. The summed E-state index contributed by atoms with van der Waals surface area (Å²) in [5, 5.41) is 3.00. The number of nitrogens with zero attached hydrogens (tertiary/aromatic N) is 3. The largest absolute Gasteiger partial charge is 0.375 e. The number of carbonyl (C=O) groups is 1. The minimum atomic E-state index is -0.495. The molecule has 7 heteroatoms. The number of ether oxygens (including phenoxy) is 2. The Morgan fingerprint density at radius 3 is 2.17 bits per heavy atom. The second-order valence-corrected chi connectivity index (χ2v) is 11.3. The van der Waals surface area contributed by atoms with Gasteiger partial charge in [-0.1, -0.05) is 30.0 Å². The first-order chi connectivity index (χ1) is 19.9. The lowest BCUT2D eigenvalue weighted by Crippen LogP contribution is -2.45. The smallest absolute Gasteiger partial charge is 0.255 e. The van der Waals surface area contributed by atoms with Crippen LogP contribution >= 0.6 is 0 Å². The number of hydrogen-bond acceptors (Lipinski definition) is 6. The summed E-state index contributed by atoms with van der Waals surface area (Å²) in [6.07, 6.45) is 5.48. The molecule has 7 nitrogen and oxygen atoms in total. The van der Waals surface area contributed by atoms with Crippen molar-refractivity contribution in [3.63, 3.8) is 0 Å². The third-order valence-electron chi connectivity index (χ3n) is 7.88. The molecular formula is C34H40N4O3. The molecule has 0 bridgehead atoms. The molecule has 1 amide bonds. The molecular weight excluding hydrogens is 512 g/mol. The first-order valence-corrected chi connectivity index (χ1v) is 14.5. The van der Waals surface area contributed by atoms with Crippen molar-refractivity contribution in [2.24, 2.45) is 0 Å². The zero-order chi connectivity index (χ0) is 28.7. The van der Waals surface area contributed by atoms with Gasteiger partial charge in [-0.15, -0.1) is 0 Å². The first kappa shape index (κ1) is 29.0. The molecule has 2 aliphatic rings. The Balaban J connectivity index is 1.10. The molecule has 41 heavy (non-hydrogen) atoms. The van der Waals surface area contributed by atoms with Crippen molar-refractivity contribution in [3.05, 3.63) is 95.3 Å². The molecule has 0 spiro atoms. The summed E-state index contributed by atoms with van der Waals surface area (Å²) in [5.41, 5.74) is 4.24. The number of nitrogens with one attached hydrogen (secondary N) is 1. The van der Waals surface area contributed by atoms with Crippen LogP contribution in [0.5, 0.6) is 0 Å². The van der Waals surface area contributed by atoms with Crippen LogP contribution in [0.3, 0.4) is 0 Å². The second-order valence-electron chi connectivity index (χ2n) is 11.3. The Hall–Kier alpha value is -3.54. The van der Waals surface area contributed by atoms with Crippen LogP contribution in [-0.4, -0.2) is 71.8 Å². The predicted octanol–water partition coefficient (Wildman–Crippen LogP) is 4.98. The Kier molecular flexibility index (Phi) is 9.48. The summed E-state index contributed by atoms with van der Waals surface area (Å²) in [6.45, 7) is 10.1. The Morgan fingerprint density at radius 1 is 0.951 bits per heavy atom. The first-order valence-electron chi connectivity index (χ1n) is 14.5. The number of piperazine rings is 1. The van der Waals surface area contributed by atoms with E-state index in [1.54, 1.807) is 7.11 Å². The van der Waals surface area contributed by atoms with E-state index < -0.39 is 5.60 Å². The zero-order valence-electron chi connectivity index (χ0n) is 24.3. The fourth-order valence-electron chi connectivity index (χ4n) is 5.73. The number of aromatic nitrogens is 1. The maximum atomic E-state index is 12.9. The molecule has 3 aromatic rings. The normalized spacial score (nSPS) is 23.4. The number of benzene rings is 2. The molecule has 2 unspecified atom stereocenters. The van der Waals surface area contributed by atoms with Crippen molar-refractivity contribution in [2.75, 3.05) is 38.6 Å². The van der Waals surface area contributed by atoms with E-state index in [-0.39, 0.29) is 18.1 Å². The van der Waals surface area contributed by atoms with Gasteiger partial charge in [-0.2, -0.15) is 0 Å². The van der Waals surface area contributed by atoms with E-state index in [2.05, 4.69) is 64.0 Å². The van der Waals surface area contributed by atoms with Gasteiger partial charge < -0.3 is 14.8 Å². The average Bonchev–Trinajstić information content (AvgIpc) is 2.98. The Bertz CT molecular complexity index is 1330. The molecule has 1 N–H and O–H groups in total. The highest BCUT2D eigenvalue weighted by Gasteiger charge is 2.37. The highest BCUT2D eigenvalue weighted by molar-refractivity contribution is 6.04. The fourth-order valence-corrected chi connectivity index (χ4v) is 5.73. The SMILES string of the molecule is COC1(C#Cc2ccc(NC(=O)c3ccc(CN4CCN(Cc5cccnc5)CC4)cc3)cc2)CC(C)OC(C)C1. The van der Waals surface area contributed by atoms with Crippen LogP contribution in [0.1, 0.15) is 53.7 Å². The number of pyridine rings is 1. The summed E-state index contributed by atoms with van der Waals surface area (Å²) < 4.78 is 11.7. The summed E-state index contributed by atoms with van der Waals surface area (Å²) in [6, 6.07) is 19.7. The van der Waals surface area contributed by atoms with Crippen LogP contribution in [0.4, 0.5) is 5.69 Å². The lowest BCUT2D eigenvalue weighted by Gasteiger charge is -2.38. The molecule has 0 radical (unpaired) electrons. The molecule has 2 aliphatic heterocycles. The van der Waals surface area contributed by atoms with Gasteiger partial charge >= 0.3 is 0 Å². The predicted molar refractivity (Wildman–Crippen MR) is 161 cm³/mol. The average molecular weight is 553 g/mol. The van der Waals surface area contributed by atoms with Gasteiger partial charge in [0.15, 0.2) is 0 Å². The van der Waals surface area contributed by atoms with Crippen molar-refractivity contribution in [3.8, 4) is 11.8 Å².